The standard InChI is InChI=1S/C14H8Br2Cl2N2O/c15-6-1-2-11-8(3-6)12(14(21)19-11)20-13-9(17)4-7(16)5-10(13)18/h1-5,12,20H,(H,19,21). The highest BCUT2D eigenvalue weighted by molar-refractivity contribution is 9.10. The number of halogens is 4. The number of hydrogen-bond acceptors (Lipinski definition) is 2. The lowest BCUT2D eigenvalue weighted by Gasteiger charge is -2.16. The van der Waals surface area contributed by atoms with Crippen molar-refractivity contribution in [3.63, 3.8) is 0 Å². The first kappa shape index (κ1) is 15.2. The Morgan fingerprint density at radius 3 is 2.38 bits per heavy atom. The summed E-state index contributed by atoms with van der Waals surface area (Å²) in [4.78, 5) is 12.2. The van der Waals surface area contributed by atoms with Crippen molar-refractivity contribution in [2.24, 2.45) is 0 Å². The molecule has 3 nitrogen and oxygen atoms in total. The van der Waals surface area contributed by atoms with Crippen molar-refractivity contribution in [1.82, 2.24) is 0 Å². The quantitative estimate of drug-likeness (QED) is 0.623. The maximum Gasteiger partial charge on any atom is 0.251 e. The van der Waals surface area contributed by atoms with Crippen molar-refractivity contribution in [3.05, 3.63) is 54.9 Å². The number of carbonyl (C=O) groups excluding carboxylic acids is 1. The fourth-order valence-corrected chi connectivity index (χ4v) is 3.90. The molecule has 1 atom stereocenters. The SMILES string of the molecule is O=C1Nc2ccc(Br)cc2C1Nc1c(Cl)cc(Br)cc1Cl. The van der Waals surface area contributed by atoms with Gasteiger partial charge in [-0.25, -0.2) is 0 Å². The zero-order valence-electron chi connectivity index (χ0n) is 10.4. The minimum Gasteiger partial charge on any atom is -0.368 e. The average Bonchev–Trinajstić information content (AvgIpc) is 2.69. The summed E-state index contributed by atoms with van der Waals surface area (Å²) in [5.41, 5.74) is 2.17. The Morgan fingerprint density at radius 2 is 1.71 bits per heavy atom. The van der Waals surface area contributed by atoms with Crippen molar-refractivity contribution >= 4 is 72.3 Å². The average molecular weight is 451 g/mol. The Morgan fingerprint density at radius 1 is 1.05 bits per heavy atom. The van der Waals surface area contributed by atoms with Crippen LogP contribution < -0.4 is 10.6 Å². The molecule has 0 saturated carbocycles. The lowest BCUT2D eigenvalue weighted by molar-refractivity contribution is -0.116. The summed E-state index contributed by atoms with van der Waals surface area (Å²) >= 11 is 19.1. The van der Waals surface area contributed by atoms with Crippen LogP contribution >= 0.6 is 55.1 Å². The number of fused-ring (bicyclic) bond motifs is 1. The zero-order chi connectivity index (χ0) is 15.1. The van der Waals surface area contributed by atoms with Gasteiger partial charge in [-0.05, 0) is 30.3 Å². The maximum atomic E-state index is 12.2. The Balaban J connectivity index is 2.00. The second kappa shape index (κ2) is 5.80. The first-order valence-corrected chi connectivity index (χ1v) is 8.31. The van der Waals surface area contributed by atoms with Gasteiger partial charge in [-0.2, -0.15) is 0 Å². The van der Waals surface area contributed by atoms with E-state index >= 15 is 0 Å². The van der Waals surface area contributed by atoms with Gasteiger partial charge in [-0.15, -0.1) is 0 Å². The van der Waals surface area contributed by atoms with Crippen molar-refractivity contribution in [1.29, 1.82) is 0 Å². The number of anilines is 2. The largest absolute Gasteiger partial charge is 0.368 e. The predicted molar refractivity (Wildman–Crippen MR) is 93.3 cm³/mol. The van der Waals surface area contributed by atoms with Crippen molar-refractivity contribution < 1.29 is 4.79 Å². The molecule has 2 aromatic carbocycles. The van der Waals surface area contributed by atoms with E-state index in [1.165, 1.54) is 0 Å². The molecule has 1 unspecified atom stereocenters. The fourth-order valence-electron chi connectivity index (χ4n) is 2.20. The zero-order valence-corrected chi connectivity index (χ0v) is 15.1. The normalized spacial score (nSPS) is 16.6. The van der Waals surface area contributed by atoms with E-state index < -0.39 is 6.04 Å². The van der Waals surface area contributed by atoms with Crippen LogP contribution in [0, 0.1) is 0 Å². The molecule has 0 saturated heterocycles. The monoisotopic (exact) mass is 448 g/mol. The van der Waals surface area contributed by atoms with Gasteiger partial charge in [0.15, 0.2) is 0 Å². The molecule has 1 amide bonds. The molecule has 0 aliphatic carbocycles. The minimum atomic E-state index is -0.534. The summed E-state index contributed by atoms with van der Waals surface area (Å²) in [6.45, 7) is 0. The second-order valence-corrected chi connectivity index (χ2v) is 7.19. The molecule has 0 spiro atoms. The van der Waals surface area contributed by atoms with E-state index in [-0.39, 0.29) is 5.91 Å². The van der Waals surface area contributed by atoms with Gasteiger partial charge >= 0.3 is 0 Å². The summed E-state index contributed by atoms with van der Waals surface area (Å²) < 4.78 is 1.68. The van der Waals surface area contributed by atoms with Gasteiger partial charge in [-0.3, -0.25) is 4.79 Å². The summed E-state index contributed by atoms with van der Waals surface area (Å²) in [5.74, 6) is -0.141. The van der Waals surface area contributed by atoms with Gasteiger partial charge in [0.2, 0.25) is 0 Å². The van der Waals surface area contributed by atoms with E-state index in [1.807, 2.05) is 18.2 Å². The van der Waals surface area contributed by atoms with Crippen molar-refractivity contribution in [2.75, 3.05) is 10.6 Å². The summed E-state index contributed by atoms with van der Waals surface area (Å²) in [6, 6.07) is 8.54. The van der Waals surface area contributed by atoms with E-state index in [4.69, 9.17) is 23.2 Å². The van der Waals surface area contributed by atoms with Crippen LogP contribution in [0.15, 0.2) is 39.3 Å². The molecule has 108 valence electrons. The van der Waals surface area contributed by atoms with Crippen LogP contribution in [0.3, 0.4) is 0 Å². The smallest absolute Gasteiger partial charge is 0.251 e. The number of benzene rings is 2. The highest BCUT2D eigenvalue weighted by Crippen LogP contribution is 2.40. The van der Waals surface area contributed by atoms with Crippen LogP contribution in [0.2, 0.25) is 10.0 Å². The molecule has 21 heavy (non-hydrogen) atoms. The van der Waals surface area contributed by atoms with Gasteiger partial charge in [-0.1, -0.05) is 55.1 Å². The van der Waals surface area contributed by atoms with Gasteiger partial charge in [0.1, 0.15) is 6.04 Å². The van der Waals surface area contributed by atoms with E-state index in [9.17, 15) is 4.79 Å². The molecule has 7 heteroatoms. The van der Waals surface area contributed by atoms with Gasteiger partial charge in [0, 0.05) is 20.2 Å². The molecule has 1 aliphatic rings. The Hall–Kier alpha value is -0.750. The first-order valence-electron chi connectivity index (χ1n) is 5.97. The molecule has 1 aliphatic heterocycles. The highest BCUT2D eigenvalue weighted by atomic mass is 79.9. The fraction of sp³-hybridized carbons (Fsp3) is 0.0714. The molecular weight excluding hydrogens is 443 g/mol. The molecule has 0 bridgehead atoms. The molecule has 3 rings (SSSR count). The molecule has 2 aromatic rings. The first-order chi connectivity index (χ1) is 9.95. The van der Waals surface area contributed by atoms with E-state index in [2.05, 4.69) is 42.5 Å². The number of hydrogen-bond donors (Lipinski definition) is 2. The summed E-state index contributed by atoms with van der Waals surface area (Å²) in [5, 5.41) is 6.85. The predicted octanol–water partition coefficient (Wildman–Crippen LogP) is 5.62. The van der Waals surface area contributed by atoms with Crippen LogP contribution in [0.1, 0.15) is 11.6 Å². The molecule has 0 radical (unpaired) electrons. The third kappa shape index (κ3) is 2.93. The third-order valence-electron chi connectivity index (χ3n) is 3.14. The number of amides is 1. The third-order valence-corrected chi connectivity index (χ3v) is 4.69. The van der Waals surface area contributed by atoms with Gasteiger partial charge in [0.25, 0.3) is 5.91 Å². The molecule has 1 heterocycles. The van der Waals surface area contributed by atoms with Crippen molar-refractivity contribution in [2.45, 2.75) is 6.04 Å². The van der Waals surface area contributed by atoms with Crippen molar-refractivity contribution in [3.8, 4) is 0 Å². The van der Waals surface area contributed by atoms with Gasteiger partial charge < -0.3 is 10.6 Å². The molecular formula is C14H8Br2Cl2N2O. The maximum absolute atomic E-state index is 12.2. The summed E-state index contributed by atoms with van der Waals surface area (Å²) in [7, 11) is 0. The van der Waals surface area contributed by atoms with Crippen LogP contribution in [-0.4, -0.2) is 5.91 Å². The van der Waals surface area contributed by atoms with E-state index in [0.29, 0.717) is 15.7 Å². The van der Waals surface area contributed by atoms with E-state index in [0.717, 1.165) is 20.2 Å². The number of rotatable bonds is 2. The lowest BCUT2D eigenvalue weighted by Crippen LogP contribution is -2.20. The Labute approximate surface area is 148 Å². The minimum absolute atomic E-state index is 0.141. The Kier molecular flexibility index (Phi) is 4.19. The second-order valence-electron chi connectivity index (χ2n) is 4.54. The number of nitrogens with one attached hydrogen (secondary N) is 2. The highest BCUT2D eigenvalue weighted by Gasteiger charge is 2.31. The molecule has 0 fully saturated rings. The lowest BCUT2D eigenvalue weighted by atomic mass is 10.1. The van der Waals surface area contributed by atoms with Crippen LogP contribution in [0.25, 0.3) is 0 Å². The number of carbonyl (C=O) groups is 1. The molecule has 2 N–H and O–H groups in total. The van der Waals surface area contributed by atoms with Crippen LogP contribution in [0.4, 0.5) is 11.4 Å². The van der Waals surface area contributed by atoms with Crippen LogP contribution in [-0.2, 0) is 4.79 Å². The van der Waals surface area contributed by atoms with Crippen LogP contribution in [0.5, 0.6) is 0 Å². The summed E-state index contributed by atoms with van der Waals surface area (Å²) in [6.07, 6.45) is 0. The Bertz CT molecular complexity index is 729. The topological polar surface area (TPSA) is 41.1 Å². The van der Waals surface area contributed by atoms with E-state index in [1.54, 1.807) is 12.1 Å². The van der Waals surface area contributed by atoms with Gasteiger partial charge in [0.05, 0.1) is 15.7 Å². The molecule has 0 aromatic heterocycles.